The van der Waals surface area contributed by atoms with E-state index < -0.39 is 24.1 Å². The van der Waals surface area contributed by atoms with Gasteiger partial charge in [0, 0.05) is 53.5 Å². The number of carbonyl (C=O) groups excluding carboxylic acids is 1. The number of aromatic nitrogens is 3. The van der Waals surface area contributed by atoms with E-state index in [-0.39, 0.29) is 55.5 Å². The lowest BCUT2D eigenvalue weighted by Crippen LogP contribution is -2.42. The summed E-state index contributed by atoms with van der Waals surface area (Å²) in [6.07, 6.45) is -0.985. The molecule has 0 fully saturated rings. The highest BCUT2D eigenvalue weighted by atomic mass is 32.1. The Morgan fingerprint density at radius 3 is 2.68 bits per heavy atom. The third-order valence-corrected chi connectivity index (χ3v) is 10.4. The molecular weight excluding hydrogens is 670 g/mol. The van der Waals surface area contributed by atoms with Gasteiger partial charge in [-0.3, -0.25) is 9.48 Å². The van der Waals surface area contributed by atoms with Crippen LogP contribution in [0.4, 0.5) is 17.6 Å². The molecule has 5 heterocycles. The van der Waals surface area contributed by atoms with Crippen molar-refractivity contribution in [3.05, 3.63) is 89.0 Å². The van der Waals surface area contributed by atoms with Crippen molar-refractivity contribution in [1.82, 2.24) is 25.0 Å². The van der Waals surface area contributed by atoms with Crippen LogP contribution in [0.2, 0.25) is 0 Å². The average Bonchev–Trinajstić information content (AvgIpc) is 3.78. The van der Waals surface area contributed by atoms with Crippen molar-refractivity contribution in [3.8, 4) is 39.5 Å². The number of nitrogens with one attached hydrogen (secondary N) is 1. The normalized spacial score (nSPS) is 18.7. The van der Waals surface area contributed by atoms with Gasteiger partial charge < -0.3 is 19.7 Å². The van der Waals surface area contributed by atoms with Crippen molar-refractivity contribution in [3.63, 3.8) is 0 Å². The van der Waals surface area contributed by atoms with Gasteiger partial charge in [0.2, 0.25) is 5.91 Å². The number of fused-ring (bicyclic) bond motifs is 3. The van der Waals surface area contributed by atoms with Crippen LogP contribution in [0.25, 0.3) is 43.9 Å². The fourth-order valence-corrected chi connectivity index (χ4v) is 7.88. The molecule has 3 aromatic heterocycles. The summed E-state index contributed by atoms with van der Waals surface area (Å²) in [5, 5.41) is 10.5. The first-order chi connectivity index (χ1) is 24.1. The van der Waals surface area contributed by atoms with Crippen molar-refractivity contribution >= 4 is 27.3 Å². The molecule has 0 saturated heterocycles. The van der Waals surface area contributed by atoms with Gasteiger partial charge in [-0.1, -0.05) is 18.7 Å². The maximum atomic E-state index is 16.2. The third-order valence-electron chi connectivity index (χ3n) is 9.44. The van der Waals surface area contributed by atoms with Gasteiger partial charge in [0.25, 0.3) is 6.43 Å². The largest absolute Gasteiger partial charge is 0.490 e. The number of amides is 1. The number of pyridine rings is 1. The van der Waals surface area contributed by atoms with Crippen LogP contribution in [-0.4, -0.2) is 64.9 Å². The summed E-state index contributed by atoms with van der Waals surface area (Å²) in [7, 11) is 1.51. The minimum Gasteiger partial charge on any atom is -0.490 e. The molecule has 0 unspecified atom stereocenters. The first-order valence-corrected chi connectivity index (χ1v) is 17.2. The SMILES string of the molecule is C=CC(=O)N1C[C@H](C)n2nc(-c3nc(-c4ccc5c(c4)CN[C@@H](C(F)F)C5)c4ccsc4c3-c3c(F)cc(F)cc3OCCOC)cc2[C@H]1C. The summed E-state index contributed by atoms with van der Waals surface area (Å²) >= 11 is 1.38. The molecule has 260 valence electrons. The second-order valence-corrected chi connectivity index (χ2v) is 13.5. The first kappa shape index (κ1) is 33.9. The molecular formula is C37H35F4N5O3S. The molecule has 5 aromatic rings. The van der Waals surface area contributed by atoms with Crippen molar-refractivity contribution in [2.24, 2.45) is 0 Å². The van der Waals surface area contributed by atoms with Gasteiger partial charge in [0.05, 0.1) is 41.7 Å². The number of nitrogens with zero attached hydrogens (tertiary/aromatic N) is 4. The van der Waals surface area contributed by atoms with Crippen LogP contribution < -0.4 is 10.1 Å². The molecule has 0 bridgehead atoms. The number of ether oxygens (including phenoxy) is 2. The molecule has 13 heteroatoms. The standard InChI is InChI=1S/C37H35F4N5O3S/c1-5-31(47)45-18-19(2)46-29(20(45)3)16-27(44-46)35-33(32-26(39)14-24(38)15-30(32)49-10-9-48-4)36-25(8-11-50-36)34(43-35)22-7-6-21-13-28(37(40)41)42-17-23(21)12-22/h5-8,11-12,14-16,19-20,28,37,42H,1,9-10,13,17-18H2,2-4H3/t19-,20+,28+/m0/s1. The number of hydrogen-bond acceptors (Lipinski definition) is 7. The summed E-state index contributed by atoms with van der Waals surface area (Å²) < 4.78 is 71.4. The number of hydrogen-bond donors (Lipinski definition) is 1. The van der Waals surface area contributed by atoms with Crippen LogP contribution in [0, 0.1) is 11.6 Å². The number of rotatable bonds is 9. The summed E-state index contributed by atoms with van der Waals surface area (Å²) in [6.45, 7) is 8.47. The molecule has 0 spiro atoms. The van der Waals surface area contributed by atoms with Gasteiger partial charge in [0.15, 0.2) is 0 Å². The topological polar surface area (TPSA) is 81.5 Å². The zero-order valence-corrected chi connectivity index (χ0v) is 28.5. The van der Waals surface area contributed by atoms with Crippen molar-refractivity contribution < 1.29 is 31.8 Å². The molecule has 50 heavy (non-hydrogen) atoms. The Bertz CT molecular complexity index is 2110. The average molecular weight is 706 g/mol. The van der Waals surface area contributed by atoms with Crippen molar-refractivity contribution in [1.29, 1.82) is 0 Å². The van der Waals surface area contributed by atoms with E-state index in [4.69, 9.17) is 19.6 Å². The van der Waals surface area contributed by atoms with E-state index in [0.29, 0.717) is 33.9 Å². The molecule has 1 amide bonds. The predicted octanol–water partition coefficient (Wildman–Crippen LogP) is 7.73. The smallest absolute Gasteiger partial charge is 0.254 e. The van der Waals surface area contributed by atoms with Gasteiger partial charge in [-0.2, -0.15) is 5.10 Å². The van der Waals surface area contributed by atoms with E-state index in [9.17, 15) is 18.0 Å². The quantitative estimate of drug-likeness (QED) is 0.0961. The third kappa shape index (κ3) is 5.96. The molecule has 2 aromatic carbocycles. The fourth-order valence-electron chi connectivity index (χ4n) is 6.94. The molecule has 1 N–H and O–H groups in total. The summed E-state index contributed by atoms with van der Waals surface area (Å²) in [6, 6.07) is 9.96. The number of thiophene rings is 1. The molecule has 2 aliphatic heterocycles. The molecule has 0 radical (unpaired) electrons. The van der Waals surface area contributed by atoms with Gasteiger partial charge in [0.1, 0.15) is 35.4 Å². The molecule has 3 atom stereocenters. The van der Waals surface area contributed by atoms with Crippen LogP contribution in [0.1, 0.15) is 42.8 Å². The van der Waals surface area contributed by atoms with Crippen LogP contribution in [-0.2, 0) is 22.5 Å². The van der Waals surface area contributed by atoms with E-state index >= 15 is 4.39 Å². The van der Waals surface area contributed by atoms with Gasteiger partial charge in [-0.25, -0.2) is 22.5 Å². The highest BCUT2D eigenvalue weighted by Gasteiger charge is 2.34. The number of benzene rings is 2. The zero-order valence-electron chi connectivity index (χ0n) is 27.7. The summed E-state index contributed by atoms with van der Waals surface area (Å²) in [5.74, 6) is -1.83. The van der Waals surface area contributed by atoms with E-state index in [1.165, 1.54) is 24.5 Å². The zero-order chi connectivity index (χ0) is 35.3. The van der Waals surface area contributed by atoms with E-state index in [0.717, 1.165) is 39.9 Å². The summed E-state index contributed by atoms with van der Waals surface area (Å²) in [4.78, 5) is 19.7. The van der Waals surface area contributed by atoms with Crippen LogP contribution >= 0.6 is 11.3 Å². The van der Waals surface area contributed by atoms with Gasteiger partial charge in [-0.05, 0) is 61.1 Å². The molecule has 0 saturated carbocycles. The minimum absolute atomic E-state index is 0.00745. The Morgan fingerprint density at radius 2 is 1.92 bits per heavy atom. The van der Waals surface area contributed by atoms with Crippen LogP contribution in [0.5, 0.6) is 5.75 Å². The minimum atomic E-state index is -2.48. The Labute approximate surface area is 290 Å². The highest BCUT2D eigenvalue weighted by molar-refractivity contribution is 7.18. The van der Waals surface area contributed by atoms with Crippen LogP contribution in [0.3, 0.4) is 0 Å². The first-order valence-electron chi connectivity index (χ1n) is 16.3. The lowest BCUT2D eigenvalue weighted by molar-refractivity contribution is -0.129. The predicted molar refractivity (Wildman–Crippen MR) is 184 cm³/mol. The molecule has 0 aliphatic carbocycles. The van der Waals surface area contributed by atoms with Crippen molar-refractivity contribution in [2.75, 3.05) is 26.9 Å². The van der Waals surface area contributed by atoms with Gasteiger partial charge in [-0.15, -0.1) is 11.3 Å². The van der Waals surface area contributed by atoms with Gasteiger partial charge >= 0.3 is 0 Å². The number of carbonyl (C=O) groups is 1. The Balaban J connectivity index is 1.47. The van der Waals surface area contributed by atoms with Crippen molar-refractivity contribution in [2.45, 2.75) is 51.4 Å². The number of halogens is 4. The Morgan fingerprint density at radius 1 is 1.10 bits per heavy atom. The molecule has 2 aliphatic rings. The molecule has 7 rings (SSSR count). The monoisotopic (exact) mass is 705 g/mol. The Hall–Kier alpha value is -4.59. The maximum Gasteiger partial charge on any atom is 0.254 e. The maximum absolute atomic E-state index is 16.2. The van der Waals surface area contributed by atoms with E-state index in [2.05, 4.69) is 11.9 Å². The lowest BCUT2D eigenvalue weighted by atomic mass is 9.92. The second-order valence-electron chi connectivity index (χ2n) is 12.6. The van der Waals surface area contributed by atoms with E-state index in [1.807, 2.05) is 54.2 Å². The van der Waals surface area contributed by atoms with E-state index in [1.54, 1.807) is 4.90 Å². The number of methoxy groups -OCH3 is 1. The fraction of sp³-hybridized carbons (Fsp3) is 0.324. The van der Waals surface area contributed by atoms with Crippen LogP contribution in [0.15, 0.2) is 60.5 Å². The highest BCUT2D eigenvalue weighted by Crippen LogP contribution is 2.48. The summed E-state index contributed by atoms with van der Waals surface area (Å²) in [5.41, 5.74) is 5.04. The lowest BCUT2D eigenvalue weighted by Gasteiger charge is -2.36. The molecule has 8 nitrogen and oxygen atoms in total. The Kier molecular flexibility index (Phi) is 9.22. The number of alkyl halides is 2. The second kappa shape index (κ2) is 13.6.